The number of carbonyl (C=O) groups is 3. The molecule has 0 radical (unpaired) electrons. The van der Waals surface area contributed by atoms with Crippen LogP contribution in [-0.4, -0.2) is 37.2 Å². The molecule has 2 unspecified atom stereocenters. The van der Waals surface area contributed by atoms with Gasteiger partial charge in [-0.25, -0.2) is 0 Å². The monoisotopic (exact) mass is 483 g/mol. The number of nitrogens with two attached hydrogens (primary N) is 1. The molecule has 190 valence electrons. The average Bonchev–Trinajstić information content (AvgIpc) is 2.79. The van der Waals surface area contributed by atoms with Crippen LogP contribution in [0, 0.1) is 12.8 Å². The third-order valence-electron chi connectivity index (χ3n) is 5.78. The lowest BCUT2D eigenvalue weighted by atomic mass is 9.92. The fourth-order valence-electron chi connectivity index (χ4n) is 3.90. The molecule has 2 aromatic carbocycles. The Bertz CT molecular complexity index is 969. The number of esters is 2. The summed E-state index contributed by atoms with van der Waals surface area (Å²) < 4.78 is 16.3. The van der Waals surface area contributed by atoms with Crippen molar-refractivity contribution in [2.24, 2.45) is 11.7 Å². The number of ether oxygens (including phenoxy) is 3. The molecule has 7 nitrogen and oxygen atoms in total. The Labute approximate surface area is 207 Å². The molecule has 2 aromatic rings. The van der Waals surface area contributed by atoms with Crippen molar-refractivity contribution in [1.29, 1.82) is 0 Å². The van der Waals surface area contributed by atoms with Crippen LogP contribution >= 0.6 is 0 Å². The summed E-state index contributed by atoms with van der Waals surface area (Å²) in [7, 11) is 0. The fraction of sp³-hybridized carbons (Fsp3) is 0.464. The quantitative estimate of drug-likeness (QED) is 0.307. The van der Waals surface area contributed by atoms with Gasteiger partial charge in [-0.15, -0.1) is 0 Å². The van der Waals surface area contributed by atoms with Gasteiger partial charge in [0.2, 0.25) is 5.91 Å². The minimum Gasteiger partial charge on any atom is -0.494 e. The summed E-state index contributed by atoms with van der Waals surface area (Å²) in [5.41, 5.74) is 9.82. The number of amides is 1. The molecule has 2 rings (SSSR count). The van der Waals surface area contributed by atoms with Gasteiger partial charge >= 0.3 is 11.9 Å². The highest BCUT2D eigenvalue weighted by Gasteiger charge is 2.27. The molecule has 0 saturated carbocycles. The van der Waals surface area contributed by atoms with Crippen LogP contribution in [0.3, 0.4) is 0 Å². The maximum Gasteiger partial charge on any atom is 0.302 e. The van der Waals surface area contributed by atoms with Crippen LogP contribution in [0.4, 0.5) is 0 Å². The highest BCUT2D eigenvalue weighted by atomic mass is 16.6. The highest BCUT2D eigenvalue weighted by molar-refractivity contribution is 5.75. The van der Waals surface area contributed by atoms with E-state index in [4.69, 9.17) is 19.9 Å². The first-order valence-electron chi connectivity index (χ1n) is 12.1. The van der Waals surface area contributed by atoms with Crippen molar-refractivity contribution in [3.8, 4) is 16.9 Å². The van der Waals surface area contributed by atoms with Crippen LogP contribution < -0.4 is 10.5 Å². The summed E-state index contributed by atoms with van der Waals surface area (Å²) in [5, 5.41) is 0. The van der Waals surface area contributed by atoms with Gasteiger partial charge in [0.25, 0.3) is 0 Å². The molecule has 1 amide bonds. The molecule has 0 aromatic heterocycles. The zero-order valence-corrected chi connectivity index (χ0v) is 21.2. The minimum absolute atomic E-state index is 0.0461. The zero-order valence-electron chi connectivity index (χ0n) is 21.2. The number of benzene rings is 2. The molecule has 0 spiro atoms. The number of aryl methyl sites for hydroxylation is 2. The SMILES string of the molecule is CCCCOc1ccc(-c2ccc(CCC(COC(C)=O)C(CC(N)=O)OC(C)=O)cc2)c(C)c1. The lowest BCUT2D eigenvalue weighted by molar-refractivity contribution is -0.154. The Morgan fingerprint density at radius 2 is 1.71 bits per heavy atom. The minimum atomic E-state index is -0.746. The molecule has 0 aliphatic rings. The summed E-state index contributed by atoms with van der Waals surface area (Å²) in [6.07, 6.45) is 2.48. The van der Waals surface area contributed by atoms with Gasteiger partial charge in [0.05, 0.1) is 19.6 Å². The van der Waals surface area contributed by atoms with Crippen molar-refractivity contribution in [3.05, 3.63) is 53.6 Å². The predicted octanol–water partition coefficient (Wildman–Crippen LogP) is 4.76. The van der Waals surface area contributed by atoms with E-state index < -0.39 is 23.9 Å². The van der Waals surface area contributed by atoms with Crippen LogP contribution in [0.2, 0.25) is 0 Å². The van der Waals surface area contributed by atoms with Gasteiger partial charge < -0.3 is 19.9 Å². The van der Waals surface area contributed by atoms with E-state index in [0.29, 0.717) is 12.8 Å². The summed E-state index contributed by atoms with van der Waals surface area (Å²) >= 11 is 0. The van der Waals surface area contributed by atoms with E-state index in [0.717, 1.165) is 47.5 Å². The van der Waals surface area contributed by atoms with Crippen LogP contribution in [0.1, 0.15) is 57.6 Å². The van der Waals surface area contributed by atoms with Gasteiger partial charge in [0.15, 0.2) is 0 Å². The summed E-state index contributed by atoms with van der Waals surface area (Å²) in [4.78, 5) is 34.4. The topological polar surface area (TPSA) is 105 Å². The van der Waals surface area contributed by atoms with Crippen molar-refractivity contribution in [3.63, 3.8) is 0 Å². The van der Waals surface area contributed by atoms with Gasteiger partial charge in [-0.05, 0) is 60.6 Å². The van der Waals surface area contributed by atoms with Gasteiger partial charge in [0, 0.05) is 19.8 Å². The van der Waals surface area contributed by atoms with E-state index in [1.54, 1.807) is 0 Å². The predicted molar refractivity (Wildman–Crippen MR) is 135 cm³/mol. The molecule has 0 saturated heterocycles. The van der Waals surface area contributed by atoms with Gasteiger partial charge in [-0.1, -0.05) is 43.7 Å². The second kappa shape index (κ2) is 14.1. The van der Waals surface area contributed by atoms with Crippen LogP contribution in [0.15, 0.2) is 42.5 Å². The third-order valence-corrected chi connectivity index (χ3v) is 5.78. The molecule has 7 heteroatoms. The number of hydrogen-bond acceptors (Lipinski definition) is 6. The molecule has 0 aliphatic carbocycles. The molecule has 0 bridgehead atoms. The first-order valence-corrected chi connectivity index (χ1v) is 12.1. The van der Waals surface area contributed by atoms with Crippen LogP contribution in [0.5, 0.6) is 5.75 Å². The standard InChI is InChI=1S/C28H37NO6/c1-5-6-15-33-25-13-14-26(19(2)16-25)23-10-7-22(8-11-23)9-12-24(18-34-20(3)30)27(17-28(29)32)35-21(4)31/h7-8,10-11,13-14,16,24,27H,5-6,9,12,15,17-18H2,1-4H3,(H2,29,32). The Morgan fingerprint density at radius 3 is 2.29 bits per heavy atom. The van der Waals surface area contributed by atoms with E-state index in [-0.39, 0.29) is 18.9 Å². The molecule has 0 aliphatic heterocycles. The van der Waals surface area contributed by atoms with E-state index in [2.05, 4.69) is 50.2 Å². The van der Waals surface area contributed by atoms with E-state index >= 15 is 0 Å². The maximum atomic E-state index is 11.5. The molecule has 2 atom stereocenters. The Morgan fingerprint density at radius 1 is 1.00 bits per heavy atom. The van der Waals surface area contributed by atoms with E-state index in [9.17, 15) is 14.4 Å². The molecule has 2 N–H and O–H groups in total. The Hall–Kier alpha value is -3.35. The largest absolute Gasteiger partial charge is 0.494 e. The average molecular weight is 484 g/mol. The summed E-state index contributed by atoms with van der Waals surface area (Å²) in [5.74, 6) is -0.987. The van der Waals surface area contributed by atoms with Crippen molar-refractivity contribution < 1.29 is 28.6 Å². The number of primary amides is 1. The zero-order chi connectivity index (χ0) is 25.8. The third kappa shape index (κ3) is 9.81. The second-order valence-electron chi connectivity index (χ2n) is 8.80. The molecule has 0 heterocycles. The second-order valence-corrected chi connectivity index (χ2v) is 8.80. The van der Waals surface area contributed by atoms with Crippen molar-refractivity contribution >= 4 is 17.8 Å². The van der Waals surface area contributed by atoms with Gasteiger partial charge in [0.1, 0.15) is 11.9 Å². The normalized spacial score (nSPS) is 12.5. The summed E-state index contributed by atoms with van der Waals surface area (Å²) in [6.45, 7) is 7.58. The molecular weight excluding hydrogens is 446 g/mol. The maximum absolute atomic E-state index is 11.5. The highest BCUT2D eigenvalue weighted by Crippen LogP contribution is 2.28. The van der Waals surface area contributed by atoms with Crippen molar-refractivity contribution in [1.82, 2.24) is 0 Å². The number of carbonyl (C=O) groups excluding carboxylic acids is 3. The Balaban J connectivity index is 2.09. The summed E-state index contributed by atoms with van der Waals surface area (Å²) in [6, 6.07) is 14.4. The molecular formula is C28H37NO6. The lowest BCUT2D eigenvalue weighted by Crippen LogP contribution is -2.34. The number of rotatable bonds is 14. The van der Waals surface area contributed by atoms with Gasteiger partial charge in [-0.3, -0.25) is 14.4 Å². The number of hydrogen-bond donors (Lipinski definition) is 1. The van der Waals surface area contributed by atoms with Crippen LogP contribution in [-0.2, 0) is 30.3 Å². The molecule has 35 heavy (non-hydrogen) atoms. The van der Waals surface area contributed by atoms with E-state index in [1.165, 1.54) is 13.8 Å². The number of unbranched alkanes of at least 4 members (excludes halogenated alkanes) is 1. The van der Waals surface area contributed by atoms with Crippen LogP contribution in [0.25, 0.3) is 11.1 Å². The van der Waals surface area contributed by atoms with Crippen molar-refractivity contribution in [2.45, 2.75) is 65.9 Å². The molecule has 0 fully saturated rings. The van der Waals surface area contributed by atoms with Gasteiger partial charge in [-0.2, -0.15) is 0 Å². The first kappa shape index (κ1) is 27.9. The smallest absolute Gasteiger partial charge is 0.302 e. The first-order chi connectivity index (χ1) is 16.7. The Kier molecular flexibility index (Phi) is 11.3. The van der Waals surface area contributed by atoms with Crippen molar-refractivity contribution in [2.75, 3.05) is 13.2 Å². The van der Waals surface area contributed by atoms with E-state index in [1.807, 2.05) is 6.07 Å². The fourth-order valence-corrected chi connectivity index (χ4v) is 3.90. The lowest BCUT2D eigenvalue weighted by Gasteiger charge is -2.25.